The van der Waals surface area contributed by atoms with Crippen molar-refractivity contribution >= 4 is 17.3 Å². The lowest BCUT2D eigenvalue weighted by Gasteiger charge is -2.36. The molecule has 358 valence electrons. The van der Waals surface area contributed by atoms with Gasteiger partial charge in [0, 0.05) is 12.8 Å². The third-order valence-electron chi connectivity index (χ3n) is 13.0. The minimum absolute atomic E-state index is 0.0411. The Labute approximate surface area is 378 Å². The first-order valence-electron chi connectivity index (χ1n) is 26.7. The van der Waals surface area contributed by atoms with Gasteiger partial charge in [-0.3, -0.25) is 14.4 Å². The molecule has 0 rings (SSSR count). The Morgan fingerprint density at radius 2 is 0.607 bits per heavy atom. The normalized spacial score (nSPS) is 12.4. The summed E-state index contributed by atoms with van der Waals surface area (Å²) >= 11 is 0. The van der Waals surface area contributed by atoms with Gasteiger partial charge in [-0.1, -0.05) is 225 Å². The summed E-state index contributed by atoms with van der Waals surface area (Å²) in [6.45, 7) is 4.70. The van der Waals surface area contributed by atoms with Crippen molar-refractivity contribution in [1.82, 2.24) is 0 Å². The van der Waals surface area contributed by atoms with Gasteiger partial charge in [-0.2, -0.15) is 0 Å². The summed E-state index contributed by atoms with van der Waals surface area (Å²) in [5, 5.41) is 31.4. The van der Waals surface area contributed by atoms with Crippen LogP contribution in [0.1, 0.15) is 284 Å². The lowest BCUT2D eigenvalue weighted by molar-refractivity contribution is -0.166. The van der Waals surface area contributed by atoms with Crippen LogP contribution in [0.15, 0.2) is 24.3 Å². The fraction of sp³-hybridized carbons (Fsp3) is 0.873. The number of carbonyl (C=O) groups is 3. The minimum Gasteiger partial charge on any atom is -0.393 e. The van der Waals surface area contributed by atoms with Crippen molar-refractivity contribution in [1.29, 1.82) is 0 Å². The van der Waals surface area contributed by atoms with Gasteiger partial charge in [0.05, 0.1) is 13.2 Å². The fourth-order valence-electron chi connectivity index (χ4n) is 8.76. The molecule has 0 spiro atoms. The van der Waals surface area contributed by atoms with Gasteiger partial charge in [0.15, 0.2) is 23.0 Å². The highest BCUT2D eigenvalue weighted by Crippen LogP contribution is 2.37. The number of aliphatic hydroxyl groups is 3. The van der Waals surface area contributed by atoms with Crippen LogP contribution in [0, 0.1) is 5.41 Å². The number of rotatable bonds is 49. The van der Waals surface area contributed by atoms with E-state index >= 15 is 0 Å². The molecule has 61 heavy (non-hydrogen) atoms. The highest BCUT2D eigenvalue weighted by atomic mass is 16.4. The SMILES string of the molecule is CCCCCCCC/C=C\CCCCCCCC(=O)C(CCCCCCCCCCCCCC)(C(=O)CCCCCCC/C=C\CCCCCCCC)C(=O)C(O)(CO)CO. The van der Waals surface area contributed by atoms with E-state index < -0.39 is 41.6 Å². The topological polar surface area (TPSA) is 112 Å². The molecular weight excluding hydrogens is 757 g/mol. The standard InChI is InChI=1S/C55H102O6/c1-4-7-10-13-16-19-22-25-27-29-31-34-37-40-43-46-51(58)55(53(60)54(61,49-56)50-57,48-45-42-39-36-33-24-21-18-15-12-9-6-3)52(59)47-44-41-38-35-32-30-28-26-23-20-17-14-11-8-5-2/h25-28,56-57,61H,4-24,29-50H2,1-3H3/b27-25-,28-26-. The van der Waals surface area contributed by atoms with E-state index in [9.17, 15) is 29.7 Å². The maximum absolute atomic E-state index is 14.3. The zero-order chi connectivity index (χ0) is 45.0. The number of carbonyl (C=O) groups excluding carboxylic acids is 3. The van der Waals surface area contributed by atoms with Crippen molar-refractivity contribution in [2.75, 3.05) is 13.2 Å². The van der Waals surface area contributed by atoms with Crippen LogP contribution in [0.4, 0.5) is 0 Å². The van der Waals surface area contributed by atoms with Crippen molar-refractivity contribution in [3.63, 3.8) is 0 Å². The molecule has 3 N–H and O–H groups in total. The molecule has 0 saturated heterocycles. The number of Topliss-reactive ketones (excluding diaryl/α,β-unsaturated/α-hetero) is 3. The molecule has 0 aliphatic heterocycles. The number of unbranched alkanes of at least 4 members (excludes halogenated alkanes) is 33. The molecule has 0 unspecified atom stereocenters. The van der Waals surface area contributed by atoms with Crippen LogP contribution >= 0.6 is 0 Å². The van der Waals surface area contributed by atoms with E-state index in [1.807, 2.05) is 0 Å². The van der Waals surface area contributed by atoms with Gasteiger partial charge in [-0.05, 0) is 70.6 Å². The quantitative estimate of drug-likeness (QED) is 0.0319. The average molecular weight is 859 g/mol. The Morgan fingerprint density at radius 1 is 0.361 bits per heavy atom. The Hall–Kier alpha value is -1.63. The first-order chi connectivity index (χ1) is 29.8. The van der Waals surface area contributed by atoms with Gasteiger partial charge in [0.25, 0.3) is 0 Å². The van der Waals surface area contributed by atoms with Crippen LogP contribution in [-0.2, 0) is 14.4 Å². The molecule has 6 heteroatoms. The number of ketones is 3. The summed E-state index contributed by atoms with van der Waals surface area (Å²) in [6.07, 6.45) is 52.4. The first-order valence-corrected chi connectivity index (χ1v) is 26.7. The predicted octanol–water partition coefficient (Wildman–Crippen LogP) is 15.6. The van der Waals surface area contributed by atoms with E-state index in [1.54, 1.807) is 0 Å². The maximum atomic E-state index is 14.3. The van der Waals surface area contributed by atoms with Crippen LogP contribution in [0.2, 0.25) is 0 Å². The van der Waals surface area contributed by atoms with Gasteiger partial charge in [0.1, 0.15) is 5.41 Å². The predicted molar refractivity (Wildman–Crippen MR) is 261 cm³/mol. The van der Waals surface area contributed by atoms with E-state index in [-0.39, 0.29) is 19.3 Å². The van der Waals surface area contributed by atoms with E-state index in [0.29, 0.717) is 19.3 Å². The Bertz CT molecular complexity index is 1010. The van der Waals surface area contributed by atoms with Crippen molar-refractivity contribution in [3.05, 3.63) is 24.3 Å². The van der Waals surface area contributed by atoms with Gasteiger partial charge < -0.3 is 15.3 Å². The summed E-state index contributed by atoms with van der Waals surface area (Å²) in [7, 11) is 0. The van der Waals surface area contributed by atoms with Crippen LogP contribution in [-0.4, -0.2) is 51.5 Å². The van der Waals surface area contributed by atoms with E-state index in [2.05, 4.69) is 45.1 Å². The van der Waals surface area contributed by atoms with Crippen molar-refractivity contribution in [2.24, 2.45) is 5.41 Å². The zero-order valence-electron chi connectivity index (χ0n) is 40.8. The van der Waals surface area contributed by atoms with Crippen LogP contribution in [0.5, 0.6) is 0 Å². The molecule has 0 atom stereocenters. The molecule has 0 radical (unpaired) electrons. The Balaban J connectivity index is 5.28. The van der Waals surface area contributed by atoms with Crippen LogP contribution < -0.4 is 0 Å². The van der Waals surface area contributed by atoms with Crippen LogP contribution in [0.3, 0.4) is 0 Å². The molecule has 0 heterocycles. The molecule has 0 aromatic rings. The lowest BCUT2D eigenvalue weighted by Crippen LogP contribution is -2.59. The minimum atomic E-state index is -2.53. The molecule has 0 aromatic heterocycles. The van der Waals surface area contributed by atoms with Gasteiger partial charge in [-0.15, -0.1) is 0 Å². The third-order valence-corrected chi connectivity index (χ3v) is 13.0. The molecular formula is C55H102O6. The summed E-state index contributed by atoms with van der Waals surface area (Å²) in [5.74, 6) is -1.86. The van der Waals surface area contributed by atoms with Crippen molar-refractivity contribution in [3.8, 4) is 0 Å². The molecule has 0 aliphatic rings. The Morgan fingerprint density at radius 3 is 0.885 bits per heavy atom. The summed E-state index contributed by atoms with van der Waals surface area (Å²) in [5.41, 5.74) is -4.56. The molecule has 0 aliphatic carbocycles. The number of hydrogen-bond donors (Lipinski definition) is 3. The highest BCUT2D eigenvalue weighted by molar-refractivity contribution is 6.26. The largest absolute Gasteiger partial charge is 0.393 e. The lowest BCUT2D eigenvalue weighted by atomic mass is 9.65. The smallest absolute Gasteiger partial charge is 0.190 e. The Kier molecular flexibility index (Phi) is 42.4. The molecule has 0 aromatic carbocycles. The molecule has 0 bridgehead atoms. The average Bonchev–Trinajstić information content (AvgIpc) is 3.27. The summed E-state index contributed by atoms with van der Waals surface area (Å²) in [4.78, 5) is 42.9. The molecule has 0 amide bonds. The van der Waals surface area contributed by atoms with Crippen LogP contribution in [0.25, 0.3) is 0 Å². The van der Waals surface area contributed by atoms with Gasteiger partial charge in [-0.25, -0.2) is 0 Å². The number of hydrogen-bond acceptors (Lipinski definition) is 6. The summed E-state index contributed by atoms with van der Waals surface area (Å²) < 4.78 is 0. The number of aliphatic hydroxyl groups excluding tert-OH is 2. The summed E-state index contributed by atoms with van der Waals surface area (Å²) in [6, 6.07) is 0. The molecule has 6 nitrogen and oxygen atoms in total. The fourth-order valence-corrected chi connectivity index (χ4v) is 8.76. The van der Waals surface area contributed by atoms with E-state index in [1.165, 1.54) is 122 Å². The second-order valence-electron chi connectivity index (χ2n) is 18.7. The van der Waals surface area contributed by atoms with E-state index in [0.717, 1.165) is 103 Å². The maximum Gasteiger partial charge on any atom is 0.190 e. The van der Waals surface area contributed by atoms with Gasteiger partial charge in [0.2, 0.25) is 0 Å². The van der Waals surface area contributed by atoms with Crippen molar-refractivity contribution < 1.29 is 29.7 Å². The molecule has 0 saturated carbocycles. The van der Waals surface area contributed by atoms with E-state index in [4.69, 9.17) is 0 Å². The second kappa shape index (κ2) is 43.6. The third kappa shape index (κ3) is 31.0. The zero-order valence-corrected chi connectivity index (χ0v) is 40.8. The molecule has 0 fully saturated rings. The number of allylic oxidation sites excluding steroid dienone is 4. The monoisotopic (exact) mass is 859 g/mol. The van der Waals surface area contributed by atoms with Gasteiger partial charge >= 0.3 is 0 Å². The highest BCUT2D eigenvalue weighted by Gasteiger charge is 2.56. The first kappa shape index (κ1) is 59.4. The second-order valence-corrected chi connectivity index (χ2v) is 18.7. The van der Waals surface area contributed by atoms with Crippen molar-refractivity contribution in [2.45, 2.75) is 290 Å².